The fourth-order valence-electron chi connectivity index (χ4n) is 3.30. The second kappa shape index (κ2) is 10.1. The first-order chi connectivity index (χ1) is 13.0. The first-order valence-corrected chi connectivity index (χ1v) is 9.59. The van der Waals surface area contributed by atoms with Crippen molar-refractivity contribution in [2.75, 3.05) is 6.61 Å². The van der Waals surface area contributed by atoms with Crippen LogP contribution in [0.1, 0.15) is 45.1 Å². The van der Waals surface area contributed by atoms with Gasteiger partial charge in [0.25, 0.3) is 0 Å². The van der Waals surface area contributed by atoms with Crippen molar-refractivity contribution >= 4 is 16.8 Å². The first-order valence-electron chi connectivity index (χ1n) is 9.59. The van der Waals surface area contributed by atoms with Gasteiger partial charge in [0.05, 0.1) is 12.7 Å². The Morgan fingerprint density at radius 3 is 2.41 bits per heavy atom. The highest BCUT2D eigenvalue weighted by Crippen LogP contribution is 2.30. The lowest BCUT2D eigenvalue weighted by Gasteiger charge is -2.17. The van der Waals surface area contributed by atoms with Crippen molar-refractivity contribution in [1.82, 2.24) is 0 Å². The Balaban J connectivity index is 2.22. The summed E-state index contributed by atoms with van der Waals surface area (Å²) >= 11 is 0. The zero-order chi connectivity index (χ0) is 19.8. The summed E-state index contributed by atoms with van der Waals surface area (Å²) in [6, 6.07) is 11.5. The van der Waals surface area contributed by atoms with Gasteiger partial charge in [-0.05, 0) is 53.8 Å². The molecule has 3 N–H and O–H groups in total. The molecule has 0 saturated carbocycles. The smallest absolute Gasteiger partial charge is 0.123 e. The molecule has 27 heavy (non-hydrogen) atoms. The van der Waals surface area contributed by atoms with Crippen molar-refractivity contribution in [3.05, 3.63) is 71.3 Å². The predicted octanol–water partition coefficient (Wildman–Crippen LogP) is 5.36. The fraction of sp³-hybridized carbons (Fsp3) is 0.333. The maximum absolute atomic E-state index is 10.6. The van der Waals surface area contributed by atoms with Gasteiger partial charge < -0.3 is 15.3 Å². The molecule has 1 atom stereocenters. The highest BCUT2D eigenvalue weighted by molar-refractivity contribution is 5.94. The molecule has 0 spiro atoms. The number of phenolic OH excluding ortho intramolecular Hbond substituents is 1. The zero-order valence-corrected chi connectivity index (χ0v) is 16.3. The maximum Gasteiger partial charge on any atom is 0.123 e. The van der Waals surface area contributed by atoms with Crippen molar-refractivity contribution in [3.8, 4) is 5.75 Å². The molecule has 2 aromatic carbocycles. The van der Waals surface area contributed by atoms with Gasteiger partial charge in [-0.15, -0.1) is 0 Å². The third-order valence-corrected chi connectivity index (χ3v) is 4.99. The number of rotatable bonds is 9. The molecule has 0 heterocycles. The van der Waals surface area contributed by atoms with Gasteiger partial charge in [0.2, 0.25) is 0 Å². The van der Waals surface area contributed by atoms with Gasteiger partial charge in [-0.1, -0.05) is 68.5 Å². The molecule has 3 nitrogen and oxygen atoms in total. The molecular weight excluding hydrogens is 336 g/mol. The molecule has 144 valence electrons. The molecule has 1 unspecified atom stereocenters. The molecule has 0 saturated heterocycles. The Morgan fingerprint density at radius 2 is 1.78 bits per heavy atom. The SMILES string of the molecule is C=C(CC)/C(=C/CO)C(O)CC/C(=C/c1ccc(O)c2ccccc12)CC. The van der Waals surface area contributed by atoms with Crippen LogP contribution in [0.5, 0.6) is 5.75 Å². The lowest BCUT2D eigenvalue weighted by molar-refractivity contribution is 0.200. The number of hydrogen-bond donors (Lipinski definition) is 3. The van der Waals surface area contributed by atoms with E-state index in [9.17, 15) is 15.3 Å². The Morgan fingerprint density at radius 1 is 1.07 bits per heavy atom. The van der Waals surface area contributed by atoms with E-state index in [2.05, 4.69) is 19.6 Å². The molecule has 0 aliphatic carbocycles. The highest BCUT2D eigenvalue weighted by Gasteiger charge is 2.13. The summed E-state index contributed by atoms with van der Waals surface area (Å²) < 4.78 is 0. The van der Waals surface area contributed by atoms with Crippen molar-refractivity contribution in [1.29, 1.82) is 0 Å². The lowest BCUT2D eigenvalue weighted by atomic mass is 9.93. The summed E-state index contributed by atoms with van der Waals surface area (Å²) in [5.74, 6) is 0.285. The van der Waals surface area contributed by atoms with Crippen LogP contribution in [0.15, 0.2) is 65.8 Å². The molecule has 0 aromatic heterocycles. The summed E-state index contributed by atoms with van der Waals surface area (Å²) in [5, 5.41) is 31.7. The highest BCUT2D eigenvalue weighted by atomic mass is 16.3. The largest absolute Gasteiger partial charge is 0.507 e. The van der Waals surface area contributed by atoms with Crippen LogP contribution in [0.2, 0.25) is 0 Å². The van der Waals surface area contributed by atoms with Gasteiger partial charge in [0.15, 0.2) is 0 Å². The second-order valence-corrected chi connectivity index (χ2v) is 6.73. The summed E-state index contributed by atoms with van der Waals surface area (Å²) in [6.07, 6.45) is 6.15. The number of benzene rings is 2. The molecular formula is C24H30O3. The van der Waals surface area contributed by atoms with Crippen molar-refractivity contribution in [2.45, 2.75) is 45.6 Å². The molecule has 0 bridgehead atoms. The van der Waals surface area contributed by atoms with Gasteiger partial charge in [0.1, 0.15) is 5.75 Å². The minimum absolute atomic E-state index is 0.0958. The summed E-state index contributed by atoms with van der Waals surface area (Å²) in [5.41, 5.74) is 3.91. The van der Waals surface area contributed by atoms with Crippen LogP contribution in [-0.2, 0) is 0 Å². The number of aliphatic hydroxyl groups excluding tert-OH is 2. The van der Waals surface area contributed by atoms with Crippen molar-refractivity contribution < 1.29 is 15.3 Å². The Kier molecular flexibility index (Phi) is 7.83. The minimum Gasteiger partial charge on any atom is -0.507 e. The normalized spacial score (nSPS) is 13.8. The molecule has 0 aliphatic rings. The van der Waals surface area contributed by atoms with Gasteiger partial charge in [-0.3, -0.25) is 0 Å². The van der Waals surface area contributed by atoms with E-state index in [1.165, 1.54) is 5.57 Å². The van der Waals surface area contributed by atoms with Gasteiger partial charge >= 0.3 is 0 Å². The first kappa shape index (κ1) is 20.9. The second-order valence-electron chi connectivity index (χ2n) is 6.73. The Hall–Kier alpha value is -2.36. The average Bonchev–Trinajstić information content (AvgIpc) is 2.70. The van der Waals surface area contributed by atoms with Crippen molar-refractivity contribution in [3.63, 3.8) is 0 Å². The van der Waals surface area contributed by atoms with Crippen molar-refractivity contribution in [2.24, 2.45) is 0 Å². The monoisotopic (exact) mass is 366 g/mol. The van der Waals surface area contributed by atoms with Crippen LogP contribution in [0.3, 0.4) is 0 Å². The third-order valence-electron chi connectivity index (χ3n) is 4.99. The standard InChI is InChI=1S/C24H30O3/c1-4-17(3)20(14-15-25)23(26)12-10-18(5-2)16-19-11-13-24(27)22-9-7-6-8-21(19)22/h6-9,11,13-14,16,23,25-27H,3-5,10,12,15H2,1-2H3/b18-16+,20-14-. The van der Waals surface area contributed by atoms with E-state index in [-0.39, 0.29) is 12.4 Å². The van der Waals surface area contributed by atoms with Crippen LogP contribution < -0.4 is 0 Å². The summed E-state index contributed by atoms with van der Waals surface area (Å²) in [4.78, 5) is 0. The molecule has 0 aliphatic heterocycles. The number of aromatic hydroxyl groups is 1. The Bertz CT molecular complexity index is 846. The molecule has 2 rings (SSSR count). The van der Waals surface area contributed by atoms with E-state index in [4.69, 9.17) is 0 Å². The summed E-state index contributed by atoms with van der Waals surface area (Å²) in [7, 11) is 0. The average molecular weight is 367 g/mol. The number of fused-ring (bicyclic) bond motifs is 1. The van der Waals surface area contributed by atoms with E-state index in [0.29, 0.717) is 6.42 Å². The molecule has 2 aromatic rings. The van der Waals surface area contributed by atoms with Crippen LogP contribution in [0, 0.1) is 0 Å². The minimum atomic E-state index is -0.629. The van der Waals surface area contributed by atoms with Gasteiger partial charge in [-0.2, -0.15) is 0 Å². The van der Waals surface area contributed by atoms with Crippen LogP contribution in [0.25, 0.3) is 16.8 Å². The Labute approximate surface area is 162 Å². The molecule has 0 fully saturated rings. The van der Waals surface area contributed by atoms with E-state index >= 15 is 0 Å². The number of hydrogen-bond acceptors (Lipinski definition) is 3. The quantitative estimate of drug-likeness (QED) is 0.523. The molecule has 0 amide bonds. The van der Waals surface area contributed by atoms with Gasteiger partial charge in [0, 0.05) is 5.39 Å². The zero-order valence-electron chi connectivity index (χ0n) is 16.3. The number of allylic oxidation sites excluding steroid dienone is 1. The van der Waals surface area contributed by atoms with Crippen LogP contribution in [0.4, 0.5) is 0 Å². The van der Waals surface area contributed by atoms with E-state index in [1.54, 1.807) is 12.1 Å². The fourth-order valence-corrected chi connectivity index (χ4v) is 3.30. The topological polar surface area (TPSA) is 60.7 Å². The van der Waals surface area contributed by atoms with Gasteiger partial charge in [-0.25, -0.2) is 0 Å². The molecule has 3 heteroatoms. The summed E-state index contributed by atoms with van der Waals surface area (Å²) in [6.45, 7) is 8.00. The van der Waals surface area contributed by atoms with Crippen LogP contribution in [-0.4, -0.2) is 28.0 Å². The lowest BCUT2D eigenvalue weighted by Crippen LogP contribution is -2.13. The molecule has 0 radical (unpaired) electrons. The number of phenols is 1. The van der Waals surface area contributed by atoms with E-state index < -0.39 is 6.10 Å². The predicted molar refractivity (Wildman–Crippen MR) is 114 cm³/mol. The number of aliphatic hydroxyl groups is 2. The van der Waals surface area contributed by atoms with E-state index in [1.807, 2.05) is 37.3 Å². The van der Waals surface area contributed by atoms with Crippen LogP contribution >= 0.6 is 0 Å². The third kappa shape index (κ3) is 5.31. The maximum atomic E-state index is 10.6. The van der Waals surface area contributed by atoms with E-state index in [0.717, 1.165) is 46.7 Å².